The smallest absolute Gasteiger partial charge is 0.305 e. The molecule has 2 aliphatic heterocycles. The molecule has 20 heavy (non-hydrogen) atoms. The second-order valence-electron chi connectivity index (χ2n) is 5.83. The predicted octanol–water partition coefficient (Wildman–Crippen LogP) is 1.90. The summed E-state index contributed by atoms with van der Waals surface area (Å²) in [5.74, 6) is -0.782. The zero-order chi connectivity index (χ0) is 14.4. The van der Waals surface area contributed by atoms with Crippen LogP contribution >= 0.6 is 0 Å². The molecule has 2 atom stereocenters. The second-order valence-corrected chi connectivity index (χ2v) is 5.83. The lowest BCUT2D eigenvalue weighted by atomic mass is 9.97. The van der Waals surface area contributed by atoms with Crippen molar-refractivity contribution in [2.45, 2.75) is 63.7 Å². The highest BCUT2D eigenvalue weighted by atomic mass is 16.5. The summed E-state index contributed by atoms with van der Waals surface area (Å²) in [5, 5.41) is 8.60. The van der Waals surface area contributed by atoms with Crippen molar-refractivity contribution in [1.29, 1.82) is 0 Å². The molecule has 0 aliphatic carbocycles. The van der Waals surface area contributed by atoms with Crippen LogP contribution in [-0.2, 0) is 14.3 Å². The van der Waals surface area contributed by atoms with Gasteiger partial charge in [-0.15, -0.1) is 0 Å². The van der Waals surface area contributed by atoms with Crippen molar-refractivity contribution >= 4 is 5.97 Å². The zero-order valence-corrected chi connectivity index (χ0v) is 12.4. The fourth-order valence-electron chi connectivity index (χ4n) is 3.20. The second kappa shape index (κ2) is 7.96. The lowest BCUT2D eigenvalue weighted by Gasteiger charge is -2.41. The van der Waals surface area contributed by atoms with Gasteiger partial charge in [0, 0.05) is 25.7 Å². The number of likely N-dealkylation sites (tertiary alicyclic amines) is 1. The zero-order valence-electron chi connectivity index (χ0n) is 12.4. The summed E-state index contributed by atoms with van der Waals surface area (Å²) < 4.78 is 11.4. The summed E-state index contributed by atoms with van der Waals surface area (Å²) in [7, 11) is 0. The van der Waals surface area contributed by atoms with Gasteiger partial charge in [-0.2, -0.15) is 0 Å². The van der Waals surface area contributed by atoms with Gasteiger partial charge in [-0.3, -0.25) is 4.79 Å². The van der Waals surface area contributed by atoms with Crippen molar-refractivity contribution in [3.05, 3.63) is 0 Å². The quantitative estimate of drug-likeness (QED) is 0.807. The Morgan fingerprint density at radius 1 is 1.35 bits per heavy atom. The first-order chi connectivity index (χ1) is 9.69. The van der Waals surface area contributed by atoms with E-state index in [0.717, 1.165) is 51.8 Å². The molecule has 2 saturated heterocycles. The van der Waals surface area contributed by atoms with Crippen molar-refractivity contribution in [3.63, 3.8) is 0 Å². The highest BCUT2D eigenvalue weighted by molar-refractivity contribution is 5.66. The molecule has 5 nitrogen and oxygen atoms in total. The summed E-state index contributed by atoms with van der Waals surface area (Å²) in [5.41, 5.74) is 0. The molecule has 116 valence electrons. The molecule has 0 radical (unpaired) electrons. The van der Waals surface area contributed by atoms with Gasteiger partial charge in [0.25, 0.3) is 0 Å². The summed E-state index contributed by atoms with van der Waals surface area (Å²) in [6.07, 6.45) is 6.22. The van der Waals surface area contributed by atoms with Gasteiger partial charge in [-0.25, -0.2) is 0 Å². The number of nitrogens with zero attached hydrogens (tertiary/aromatic N) is 1. The minimum atomic E-state index is -0.782. The average molecular weight is 285 g/mol. The predicted molar refractivity (Wildman–Crippen MR) is 75.9 cm³/mol. The van der Waals surface area contributed by atoms with Gasteiger partial charge in [-0.1, -0.05) is 6.92 Å². The molecule has 0 spiro atoms. The van der Waals surface area contributed by atoms with E-state index in [9.17, 15) is 4.79 Å². The first kappa shape index (κ1) is 15.7. The molecular weight excluding hydrogens is 258 g/mol. The Morgan fingerprint density at radius 2 is 2.10 bits per heavy atom. The number of ether oxygens (including phenoxy) is 2. The van der Waals surface area contributed by atoms with Crippen LogP contribution in [0.3, 0.4) is 0 Å². The van der Waals surface area contributed by atoms with Gasteiger partial charge in [0.1, 0.15) is 0 Å². The van der Waals surface area contributed by atoms with Crippen LogP contribution in [0.15, 0.2) is 0 Å². The molecule has 1 N–H and O–H groups in total. The SMILES string of the molecule is CCC1CC(N2CCC(OCCC(=O)O)CC2)CCO1. The number of piperidine rings is 1. The molecule has 0 aromatic carbocycles. The van der Waals surface area contributed by atoms with Crippen LogP contribution in [0.2, 0.25) is 0 Å². The van der Waals surface area contributed by atoms with E-state index >= 15 is 0 Å². The van der Waals surface area contributed by atoms with E-state index in [-0.39, 0.29) is 12.5 Å². The Bertz CT molecular complexity index is 302. The van der Waals surface area contributed by atoms with Crippen LogP contribution in [0.4, 0.5) is 0 Å². The molecule has 0 amide bonds. The standard InChI is InChI=1S/C15H27NO4/c1-2-13-11-12(5-9-19-13)16-7-3-14(4-8-16)20-10-6-15(17)18/h12-14H,2-11H2,1H3,(H,17,18). The third-order valence-electron chi connectivity index (χ3n) is 4.46. The fourth-order valence-corrected chi connectivity index (χ4v) is 3.20. The molecule has 0 aromatic heterocycles. The van der Waals surface area contributed by atoms with Gasteiger partial charge in [0.15, 0.2) is 0 Å². The topological polar surface area (TPSA) is 59.0 Å². The summed E-state index contributed by atoms with van der Waals surface area (Å²) in [6.45, 7) is 5.56. The van der Waals surface area contributed by atoms with Crippen molar-refractivity contribution in [2.24, 2.45) is 0 Å². The molecule has 5 heteroatoms. The highest BCUT2D eigenvalue weighted by Crippen LogP contribution is 2.25. The molecule has 0 bridgehead atoms. The van der Waals surface area contributed by atoms with E-state index in [2.05, 4.69) is 11.8 Å². The van der Waals surface area contributed by atoms with Gasteiger partial charge in [0.05, 0.1) is 25.2 Å². The first-order valence-electron chi connectivity index (χ1n) is 7.88. The Kier molecular flexibility index (Phi) is 6.26. The molecule has 2 unspecified atom stereocenters. The minimum absolute atomic E-state index is 0.109. The third kappa shape index (κ3) is 4.72. The molecule has 2 rings (SSSR count). The van der Waals surface area contributed by atoms with E-state index in [1.165, 1.54) is 0 Å². The van der Waals surface area contributed by atoms with Crippen LogP contribution < -0.4 is 0 Å². The summed E-state index contributed by atoms with van der Waals surface area (Å²) >= 11 is 0. The molecule has 2 aliphatic rings. The van der Waals surface area contributed by atoms with E-state index in [1.54, 1.807) is 0 Å². The maximum Gasteiger partial charge on any atom is 0.305 e. The fraction of sp³-hybridized carbons (Fsp3) is 0.933. The van der Waals surface area contributed by atoms with Crippen LogP contribution in [0.25, 0.3) is 0 Å². The van der Waals surface area contributed by atoms with E-state index in [0.29, 0.717) is 18.8 Å². The Balaban J connectivity index is 1.67. The Morgan fingerprint density at radius 3 is 2.75 bits per heavy atom. The molecular formula is C15H27NO4. The van der Waals surface area contributed by atoms with Crippen LogP contribution in [0.1, 0.15) is 45.4 Å². The Labute approximate surface area is 121 Å². The first-order valence-corrected chi connectivity index (χ1v) is 7.88. The number of carboxylic acids is 1. The third-order valence-corrected chi connectivity index (χ3v) is 4.46. The summed E-state index contributed by atoms with van der Waals surface area (Å²) in [4.78, 5) is 13.0. The highest BCUT2D eigenvalue weighted by Gasteiger charge is 2.29. The number of hydrogen-bond donors (Lipinski definition) is 1. The lowest BCUT2D eigenvalue weighted by Crippen LogP contribution is -2.47. The van der Waals surface area contributed by atoms with Crippen molar-refractivity contribution in [1.82, 2.24) is 4.90 Å². The number of carboxylic acid groups (broad SMARTS) is 1. The van der Waals surface area contributed by atoms with E-state index in [4.69, 9.17) is 14.6 Å². The number of carbonyl (C=O) groups is 1. The van der Waals surface area contributed by atoms with Gasteiger partial charge in [0.2, 0.25) is 0 Å². The lowest BCUT2D eigenvalue weighted by molar-refractivity contribution is -0.139. The van der Waals surface area contributed by atoms with Crippen molar-refractivity contribution in [2.75, 3.05) is 26.3 Å². The van der Waals surface area contributed by atoms with Gasteiger partial charge in [-0.05, 0) is 32.1 Å². The molecule has 0 aromatic rings. The number of hydrogen-bond acceptors (Lipinski definition) is 4. The van der Waals surface area contributed by atoms with Crippen molar-refractivity contribution < 1.29 is 19.4 Å². The van der Waals surface area contributed by atoms with E-state index < -0.39 is 5.97 Å². The maximum atomic E-state index is 10.5. The summed E-state index contributed by atoms with van der Waals surface area (Å²) in [6, 6.07) is 0.661. The maximum absolute atomic E-state index is 10.5. The molecule has 0 saturated carbocycles. The van der Waals surface area contributed by atoms with E-state index in [1.807, 2.05) is 0 Å². The minimum Gasteiger partial charge on any atom is -0.481 e. The largest absolute Gasteiger partial charge is 0.481 e. The molecule has 2 fully saturated rings. The van der Waals surface area contributed by atoms with Crippen LogP contribution in [0.5, 0.6) is 0 Å². The molecule has 2 heterocycles. The average Bonchev–Trinajstić information content (AvgIpc) is 2.48. The van der Waals surface area contributed by atoms with Crippen LogP contribution in [0, 0.1) is 0 Å². The van der Waals surface area contributed by atoms with Crippen molar-refractivity contribution in [3.8, 4) is 0 Å². The Hall–Kier alpha value is -0.650. The number of aliphatic carboxylic acids is 1. The normalized spacial score (nSPS) is 29.4. The van der Waals surface area contributed by atoms with Gasteiger partial charge < -0.3 is 19.5 Å². The number of rotatable bonds is 6. The van der Waals surface area contributed by atoms with Crippen LogP contribution in [-0.4, -0.2) is 60.5 Å². The van der Waals surface area contributed by atoms with Gasteiger partial charge >= 0.3 is 5.97 Å². The monoisotopic (exact) mass is 285 g/mol.